The zero-order valence-corrected chi connectivity index (χ0v) is 10.1. The Kier molecular flexibility index (Phi) is 2.90. The third kappa shape index (κ3) is 1.76. The molecule has 92 valence electrons. The number of carbonyl (C=O) groups is 1. The maximum atomic E-state index is 11.7. The molecule has 6 nitrogen and oxygen atoms in total. The number of likely N-dealkylation sites (N-methyl/N-ethyl adjacent to an activating group) is 1. The van der Waals surface area contributed by atoms with Crippen molar-refractivity contribution in [3.63, 3.8) is 0 Å². The van der Waals surface area contributed by atoms with E-state index in [2.05, 4.69) is 16.4 Å². The second kappa shape index (κ2) is 4.37. The number of nitrogen functional groups attached to an aromatic ring is 1. The van der Waals surface area contributed by atoms with Gasteiger partial charge in [0.1, 0.15) is 6.04 Å². The number of nitrogens with two attached hydrogens (primary N) is 1. The van der Waals surface area contributed by atoms with E-state index >= 15 is 0 Å². The first-order valence-corrected chi connectivity index (χ1v) is 5.47. The molecule has 1 atom stereocenters. The lowest BCUT2D eigenvalue weighted by atomic mass is 10.2. The largest absolute Gasteiger partial charge is 0.369 e. The van der Waals surface area contributed by atoms with Gasteiger partial charge in [0.2, 0.25) is 11.9 Å². The summed E-state index contributed by atoms with van der Waals surface area (Å²) in [6.07, 6.45) is 0. The number of nitrogens with one attached hydrogen (secondary N) is 1. The number of nitrogens with zero attached hydrogens (tertiary/aromatic N) is 3. The highest BCUT2D eigenvalue weighted by atomic mass is 16.2. The van der Waals surface area contributed by atoms with Crippen molar-refractivity contribution in [2.75, 3.05) is 12.8 Å². The van der Waals surface area contributed by atoms with Crippen LogP contribution in [0.1, 0.15) is 18.5 Å². The lowest BCUT2D eigenvalue weighted by molar-refractivity contribution is -0.123. The molecule has 2 aromatic rings. The van der Waals surface area contributed by atoms with Gasteiger partial charge >= 0.3 is 0 Å². The molecule has 2 rings (SSSR count). The number of aromatic nitrogens is 2. The second-order valence-corrected chi connectivity index (χ2v) is 3.95. The van der Waals surface area contributed by atoms with E-state index in [1.807, 2.05) is 0 Å². The van der Waals surface area contributed by atoms with Gasteiger partial charge in [0.05, 0.1) is 22.7 Å². The van der Waals surface area contributed by atoms with E-state index in [1.54, 1.807) is 36.7 Å². The van der Waals surface area contributed by atoms with Crippen LogP contribution in [0.5, 0.6) is 0 Å². The van der Waals surface area contributed by atoms with Gasteiger partial charge < -0.3 is 11.1 Å². The van der Waals surface area contributed by atoms with Gasteiger partial charge in [0.25, 0.3) is 0 Å². The zero-order chi connectivity index (χ0) is 13.3. The highest BCUT2D eigenvalue weighted by Gasteiger charge is 2.19. The minimum absolute atomic E-state index is 0.164. The summed E-state index contributed by atoms with van der Waals surface area (Å²) in [5.74, 6) is 0.0968. The molecule has 1 amide bonds. The summed E-state index contributed by atoms with van der Waals surface area (Å²) >= 11 is 0. The van der Waals surface area contributed by atoms with Gasteiger partial charge in [-0.1, -0.05) is 0 Å². The minimum atomic E-state index is -0.478. The number of anilines is 1. The number of amides is 1. The highest BCUT2D eigenvalue weighted by molar-refractivity contribution is 5.85. The lowest BCUT2D eigenvalue weighted by Crippen LogP contribution is -2.28. The maximum Gasteiger partial charge on any atom is 0.242 e. The van der Waals surface area contributed by atoms with Crippen LogP contribution in [-0.2, 0) is 4.79 Å². The summed E-state index contributed by atoms with van der Waals surface area (Å²) < 4.78 is 1.62. The average Bonchev–Trinajstić information content (AvgIpc) is 2.71. The Morgan fingerprint density at radius 3 is 2.94 bits per heavy atom. The molecular formula is C12H13N5O. The predicted octanol–water partition coefficient (Wildman–Crippen LogP) is 0.797. The molecule has 1 unspecified atom stereocenters. The number of benzene rings is 1. The van der Waals surface area contributed by atoms with Crippen molar-refractivity contribution in [1.29, 1.82) is 5.26 Å². The molecule has 1 heterocycles. The first-order chi connectivity index (χ1) is 8.58. The van der Waals surface area contributed by atoms with E-state index < -0.39 is 6.04 Å². The van der Waals surface area contributed by atoms with E-state index in [1.165, 1.54) is 0 Å². The predicted molar refractivity (Wildman–Crippen MR) is 67.6 cm³/mol. The van der Waals surface area contributed by atoms with Crippen LogP contribution in [0.3, 0.4) is 0 Å². The first kappa shape index (κ1) is 11.9. The van der Waals surface area contributed by atoms with Crippen molar-refractivity contribution in [3.8, 4) is 6.07 Å². The molecule has 1 aromatic carbocycles. The van der Waals surface area contributed by atoms with E-state index in [4.69, 9.17) is 11.0 Å². The number of nitriles is 1. The number of hydrogen-bond acceptors (Lipinski definition) is 4. The molecule has 18 heavy (non-hydrogen) atoms. The SMILES string of the molecule is CNC(=O)C(C)n1c(N)nc2ccc(C#N)cc21. The molecule has 0 aliphatic rings. The van der Waals surface area contributed by atoms with Gasteiger partial charge in [-0.15, -0.1) is 0 Å². The van der Waals surface area contributed by atoms with E-state index in [0.717, 1.165) is 0 Å². The molecule has 1 aromatic heterocycles. The van der Waals surface area contributed by atoms with Crippen LogP contribution in [0.2, 0.25) is 0 Å². The highest BCUT2D eigenvalue weighted by Crippen LogP contribution is 2.23. The molecule has 0 aliphatic heterocycles. The van der Waals surface area contributed by atoms with E-state index in [-0.39, 0.29) is 11.9 Å². The number of rotatable bonds is 2. The minimum Gasteiger partial charge on any atom is -0.369 e. The zero-order valence-electron chi connectivity index (χ0n) is 10.1. The number of hydrogen-bond donors (Lipinski definition) is 2. The molecule has 6 heteroatoms. The van der Waals surface area contributed by atoms with Crippen LogP contribution < -0.4 is 11.1 Å². The van der Waals surface area contributed by atoms with Gasteiger partial charge in [-0.25, -0.2) is 4.98 Å². The van der Waals surface area contributed by atoms with Crippen molar-refractivity contribution < 1.29 is 4.79 Å². The fourth-order valence-electron chi connectivity index (χ4n) is 1.91. The molecule has 0 bridgehead atoms. The van der Waals surface area contributed by atoms with Crippen LogP contribution in [0.15, 0.2) is 18.2 Å². The molecule has 0 saturated carbocycles. The Hall–Kier alpha value is -2.55. The number of imidazole rings is 1. The summed E-state index contributed by atoms with van der Waals surface area (Å²) in [4.78, 5) is 15.9. The fraction of sp³-hybridized carbons (Fsp3) is 0.250. The Labute approximate surface area is 104 Å². The van der Waals surface area contributed by atoms with E-state index in [9.17, 15) is 4.79 Å². The molecule has 0 aliphatic carbocycles. The van der Waals surface area contributed by atoms with Crippen molar-refractivity contribution in [2.45, 2.75) is 13.0 Å². The van der Waals surface area contributed by atoms with Gasteiger partial charge in [0, 0.05) is 7.05 Å². The molecule has 0 radical (unpaired) electrons. The molecule has 0 fully saturated rings. The quantitative estimate of drug-likeness (QED) is 0.815. The Balaban J connectivity index is 2.66. The van der Waals surface area contributed by atoms with Crippen LogP contribution in [-0.4, -0.2) is 22.5 Å². The van der Waals surface area contributed by atoms with Crippen molar-refractivity contribution >= 4 is 22.9 Å². The third-order valence-corrected chi connectivity index (χ3v) is 2.86. The van der Waals surface area contributed by atoms with Gasteiger partial charge in [-0.05, 0) is 25.1 Å². The van der Waals surface area contributed by atoms with Crippen LogP contribution in [0.25, 0.3) is 11.0 Å². The molecular weight excluding hydrogens is 230 g/mol. The van der Waals surface area contributed by atoms with Crippen LogP contribution in [0, 0.1) is 11.3 Å². The smallest absolute Gasteiger partial charge is 0.242 e. The number of carbonyl (C=O) groups excluding carboxylic acids is 1. The van der Waals surface area contributed by atoms with E-state index in [0.29, 0.717) is 16.6 Å². The van der Waals surface area contributed by atoms with Gasteiger partial charge in [-0.3, -0.25) is 9.36 Å². The Morgan fingerprint density at radius 2 is 2.33 bits per heavy atom. The average molecular weight is 243 g/mol. The fourth-order valence-corrected chi connectivity index (χ4v) is 1.91. The normalized spacial score (nSPS) is 12.1. The Bertz CT molecular complexity index is 652. The van der Waals surface area contributed by atoms with Crippen molar-refractivity contribution in [3.05, 3.63) is 23.8 Å². The maximum absolute atomic E-state index is 11.7. The summed E-state index contributed by atoms with van der Waals surface area (Å²) in [6, 6.07) is 6.65. The van der Waals surface area contributed by atoms with Crippen molar-refractivity contribution in [1.82, 2.24) is 14.9 Å². The van der Waals surface area contributed by atoms with Gasteiger partial charge in [0.15, 0.2) is 0 Å². The number of fused-ring (bicyclic) bond motifs is 1. The molecule has 3 N–H and O–H groups in total. The topological polar surface area (TPSA) is 96.7 Å². The second-order valence-electron chi connectivity index (χ2n) is 3.95. The van der Waals surface area contributed by atoms with Crippen LogP contribution in [0.4, 0.5) is 5.95 Å². The third-order valence-electron chi connectivity index (χ3n) is 2.86. The monoisotopic (exact) mass is 243 g/mol. The summed E-state index contributed by atoms with van der Waals surface area (Å²) in [7, 11) is 1.56. The molecule has 0 spiro atoms. The summed E-state index contributed by atoms with van der Waals surface area (Å²) in [5, 5.41) is 11.5. The standard InChI is InChI=1S/C12H13N5O/c1-7(11(18)15-2)17-10-5-8(6-13)3-4-9(10)16-12(17)14/h3-5,7H,1-2H3,(H2,14,16)(H,15,18). The lowest BCUT2D eigenvalue weighted by Gasteiger charge is -2.14. The molecule has 0 saturated heterocycles. The van der Waals surface area contributed by atoms with Gasteiger partial charge in [-0.2, -0.15) is 5.26 Å². The first-order valence-electron chi connectivity index (χ1n) is 5.47. The summed E-state index contributed by atoms with van der Waals surface area (Å²) in [6.45, 7) is 1.73. The van der Waals surface area contributed by atoms with Crippen molar-refractivity contribution in [2.24, 2.45) is 0 Å². The Morgan fingerprint density at radius 1 is 1.61 bits per heavy atom. The van der Waals surface area contributed by atoms with Crippen LogP contribution >= 0.6 is 0 Å². The summed E-state index contributed by atoms with van der Waals surface area (Å²) in [5.41, 5.74) is 7.69.